The highest BCUT2D eigenvalue weighted by atomic mass is 35.5. The van der Waals surface area contributed by atoms with Gasteiger partial charge in [0.15, 0.2) is 5.17 Å². The molecule has 0 spiro atoms. The van der Waals surface area contributed by atoms with Crippen LogP contribution in [0.15, 0.2) is 29.3 Å². The number of aliphatic carboxylic acids is 1. The van der Waals surface area contributed by atoms with Crippen molar-refractivity contribution in [3.63, 3.8) is 0 Å². The summed E-state index contributed by atoms with van der Waals surface area (Å²) < 4.78 is 31.7. The number of aliphatic imine (C=N–C) groups is 1. The molecule has 12 heteroatoms. The van der Waals surface area contributed by atoms with Gasteiger partial charge in [0.2, 0.25) is 5.91 Å². The highest BCUT2D eigenvalue weighted by Crippen LogP contribution is 2.26. The van der Waals surface area contributed by atoms with Gasteiger partial charge >= 0.3 is 12.1 Å². The topological polar surface area (TPSA) is 108 Å². The molecule has 1 aliphatic rings. The fourth-order valence-corrected chi connectivity index (χ4v) is 3.08. The molecule has 0 saturated heterocycles. The van der Waals surface area contributed by atoms with E-state index in [1.165, 1.54) is 11.8 Å². The first-order valence-corrected chi connectivity index (χ1v) is 9.60. The summed E-state index contributed by atoms with van der Waals surface area (Å²) >= 11 is 7.29. The third-order valence-corrected chi connectivity index (χ3v) is 4.90. The van der Waals surface area contributed by atoms with Crippen molar-refractivity contribution in [2.75, 3.05) is 5.32 Å². The number of carboxylic acid groups (broad SMARTS) is 1. The van der Waals surface area contributed by atoms with Crippen LogP contribution in [0.4, 0.5) is 18.9 Å². The van der Waals surface area contributed by atoms with Crippen molar-refractivity contribution in [1.29, 1.82) is 0 Å². The lowest BCUT2D eigenvalue weighted by Crippen LogP contribution is -2.29. The average Bonchev–Trinajstić information content (AvgIpc) is 2.95. The van der Waals surface area contributed by atoms with Crippen molar-refractivity contribution in [3.8, 4) is 0 Å². The second-order valence-electron chi connectivity index (χ2n) is 5.85. The van der Waals surface area contributed by atoms with Crippen molar-refractivity contribution < 1.29 is 32.7 Å². The molecule has 0 bridgehead atoms. The van der Waals surface area contributed by atoms with Gasteiger partial charge in [-0.1, -0.05) is 42.4 Å². The van der Waals surface area contributed by atoms with Crippen molar-refractivity contribution >= 4 is 52.0 Å². The number of benzene rings is 1. The average molecular weight is 454 g/mol. The van der Waals surface area contributed by atoms with Crippen LogP contribution >= 0.6 is 23.4 Å². The highest BCUT2D eigenvalue weighted by Gasteiger charge is 2.38. The Hall–Kier alpha value is -2.27. The van der Waals surface area contributed by atoms with Crippen LogP contribution in [0.5, 0.6) is 0 Å². The Morgan fingerprint density at radius 3 is 2.45 bits per heavy atom. The third-order valence-electron chi connectivity index (χ3n) is 3.48. The Bertz CT molecular complexity index is 789. The molecule has 2 rings (SSSR count). The Labute approximate surface area is 174 Å². The normalized spacial score (nSPS) is 17.0. The van der Waals surface area contributed by atoms with Gasteiger partial charge in [0.1, 0.15) is 5.25 Å². The molecule has 0 saturated carbocycles. The van der Waals surface area contributed by atoms with Crippen LogP contribution in [0, 0.1) is 0 Å². The first kappa shape index (κ1) is 24.8. The maximum Gasteiger partial charge on any atom is 0.490 e. The van der Waals surface area contributed by atoms with Gasteiger partial charge in [-0.2, -0.15) is 18.2 Å². The standard InChI is InChI=1S/C15H18ClN3O2S.C2HF3O2/c1-3-9(2)17-15-19-14(21)12(22-15)8-13(20)18-11-7-5-4-6-10(11)16;3-2(4,5)1(6)7/h4-7,9,12H,3,8H2,1-2H3,(H,18,20)(H,17,19,21);(H,6,7). The van der Waals surface area contributed by atoms with Crippen molar-refractivity contribution in [2.24, 2.45) is 4.99 Å². The molecular formula is C17H19ClF3N3O4S. The molecule has 1 heterocycles. The Morgan fingerprint density at radius 2 is 1.93 bits per heavy atom. The van der Waals surface area contributed by atoms with Gasteiger partial charge in [-0.15, -0.1) is 0 Å². The van der Waals surface area contributed by atoms with Crippen LogP contribution in [-0.2, 0) is 14.4 Å². The summed E-state index contributed by atoms with van der Waals surface area (Å²) in [5.74, 6) is -3.28. The predicted octanol–water partition coefficient (Wildman–Crippen LogP) is 3.69. The van der Waals surface area contributed by atoms with E-state index in [9.17, 15) is 22.8 Å². The number of carbonyl (C=O) groups excluding carboxylic acids is 2. The van der Waals surface area contributed by atoms with Gasteiger partial charge in [-0.3, -0.25) is 9.59 Å². The highest BCUT2D eigenvalue weighted by molar-refractivity contribution is 8.15. The SMILES string of the molecule is CCC(C)NC1=NC(=O)C(CC(=O)Nc2ccccc2Cl)S1.O=C(O)C(F)(F)F. The van der Waals surface area contributed by atoms with E-state index in [4.69, 9.17) is 21.5 Å². The summed E-state index contributed by atoms with van der Waals surface area (Å²) in [7, 11) is 0. The van der Waals surface area contributed by atoms with Crippen LogP contribution in [0.1, 0.15) is 26.7 Å². The summed E-state index contributed by atoms with van der Waals surface area (Å²) in [6.07, 6.45) is -4.07. The van der Waals surface area contributed by atoms with Crippen LogP contribution in [-0.4, -0.2) is 45.5 Å². The summed E-state index contributed by atoms with van der Waals surface area (Å²) in [6, 6.07) is 7.23. The van der Waals surface area contributed by atoms with E-state index < -0.39 is 17.4 Å². The van der Waals surface area contributed by atoms with E-state index in [2.05, 4.69) is 15.6 Å². The van der Waals surface area contributed by atoms with Gasteiger partial charge in [0.25, 0.3) is 5.91 Å². The van der Waals surface area contributed by atoms with Crippen molar-refractivity contribution in [2.45, 2.75) is 44.2 Å². The number of amidine groups is 1. The molecule has 0 fully saturated rings. The number of hydrogen-bond acceptors (Lipinski definition) is 5. The molecule has 0 radical (unpaired) electrons. The van der Waals surface area contributed by atoms with E-state index in [0.717, 1.165) is 6.42 Å². The lowest BCUT2D eigenvalue weighted by atomic mass is 10.2. The predicted molar refractivity (Wildman–Crippen MR) is 105 cm³/mol. The molecular weight excluding hydrogens is 435 g/mol. The van der Waals surface area contributed by atoms with Crippen molar-refractivity contribution in [1.82, 2.24) is 5.32 Å². The minimum absolute atomic E-state index is 0.0733. The van der Waals surface area contributed by atoms with E-state index in [-0.39, 0.29) is 24.3 Å². The molecule has 1 aromatic rings. The number of thioether (sulfide) groups is 1. The molecule has 2 atom stereocenters. The van der Waals surface area contributed by atoms with Gasteiger partial charge in [0, 0.05) is 12.5 Å². The molecule has 3 N–H and O–H groups in total. The van der Waals surface area contributed by atoms with E-state index in [1.54, 1.807) is 24.3 Å². The van der Waals surface area contributed by atoms with Crippen LogP contribution in [0.3, 0.4) is 0 Å². The first-order valence-electron chi connectivity index (χ1n) is 8.34. The molecule has 0 aromatic heterocycles. The number of halogens is 4. The molecule has 29 heavy (non-hydrogen) atoms. The maximum absolute atomic E-state index is 12.0. The first-order chi connectivity index (χ1) is 13.4. The number of amides is 2. The molecule has 1 aliphatic heterocycles. The lowest BCUT2D eigenvalue weighted by Gasteiger charge is -2.12. The molecule has 7 nitrogen and oxygen atoms in total. The van der Waals surface area contributed by atoms with Crippen LogP contribution < -0.4 is 10.6 Å². The fourth-order valence-electron chi connectivity index (χ4n) is 1.82. The largest absolute Gasteiger partial charge is 0.490 e. The third kappa shape index (κ3) is 8.73. The van der Waals surface area contributed by atoms with Gasteiger partial charge in [-0.25, -0.2) is 4.79 Å². The monoisotopic (exact) mass is 453 g/mol. The van der Waals surface area contributed by atoms with Crippen molar-refractivity contribution in [3.05, 3.63) is 29.3 Å². The number of hydrogen-bond donors (Lipinski definition) is 3. The van der Waals surface area contributed by atoms with E-state index >= 15 is 0 Å². The fraction of sp³-hybridized carbons (Fsp3) is 0.412. The van der Waals surface area contributed by atoms with E-state index in [1.807, 2.05) is 13.8 Å². The number of para-hydroxylation sites is 1. The van der Waals surface area contributed by atoms with E-state index in [0.29, 0.717) is 15.9 Å². The number of anilines is 1. The lowest BCUT2D eigenvalue weighted by molar-refractivity contribution is -0.192. The second-order valence-corrected chi connectivity index (χ2v) is 7.45. The zero-order chi connectivity index (χ0) is 22.2. The summed E-state index contributed by atoms with van der Waals surface area (Å²) in [6.45, 7) is 4.07. The minimum atomic E-state index is -5.08. The zero-order valence-corrected chi connectivity index (χ0v) is 17.0. The Morgan fingerprint density at radius 1 is 1.34 bits per heavy atom. The minimum Gasteiger partial charge on any atom is -0.475 e. The quantitative estimate of drug-likeness (QED) is 0.627. The summed E-state index contributed by atoms with van der Waals surface area (Å²) in [5, 5.41) is 13.6. The zero-order valence-electron chi connectivity index (χ0n) is 15.4. The molecule has 1 aromatic carbocycles. The number of alkyl halides is 3. The van der Waals surface area contributed by atoms with Gasteiger partial charge in [-0.05, 0) is 25.5 Å². The molecule has 2 unspecified atom stereocenters. The number of nitrogens with one attached hydrogen (secondary N) is 2. The second kappa shape index (κ2) is 11.1. The number of carbonyl (C=O) groups is 3. The van der Waals surface area contributed by atoms with Gasteiger partial charge in [0.05, 0.1) is 10.7 Å². The number of rotatable bonds is 5. The smallest absolute Gasteiger partial charge is 0.475 e. The van der Waals surface area contributed by atoms with Crippen LogP contribution in [0.25, 0.3) is 0 Å². The molecule has 0 aliphatic carbocycles. The molecule has 160 valence electrons. The number of carboxylic acids is 1. The molecule has 2 amide bonds. The summed E-state index contributed by atoms with van der Waals surface area (Å²) in [5.41, 5.74) is 0.545. The summed E-state index contributed by atoms with van der Waals surface area (Å²) in [4.78, 5) is 36.8. The Kier molecular flexibility index (Phi) is 9.44. The van der Waals surface area contributed by atoms with Gasteiger partial charge < -0.3 is 15.7 Å². The Balaban J connectivity index is 0.000000516. The van der Waals surface area contributed by atoms with Crippen LogP contribution in [0.2, 0.25) is 5.02 Å². The maximum atomic E-state index is 12.0. The number of nitrogens with zero attached hydrogens (tertiary/aromatic N) is 1.